The summed E-state index contributed by atoms with van der Waals surface area (Å²) in [5.74, 6) is -0.397. The average Bonchev–Trinajstić information content (AvgIpc) is 2.56. The summed E-state index contributed by atoms with van der Waals surface area (Å²) in [6.07, 6.45) is 0.0515. The van der Waals surface area contributed by atoms with Crippen LogP contribution in [0.15, 0.2) is 65.6 Å². The zero-order valence-electron chi connectivity index (χ0n) is 12.8. The Morgan fingerprint density at radius 3 is 2.13 bits per heavy atom. The highest BCUT2D eigenvalue weighted by Crippen LogP contribution is 2.19. The Morgan fingerprint density at radius 2 is 1.57 bits per heavy atom. The number of amides is 1. The Hall–Kier alpha value is -2.18. The van der Waals surface area contributed by atoms with Gasteiger partial charge in [-0.1, -0.05) is 36.4 Å². The zero-order valence-corrected chi connectivity index (χ0v) is 13.7. The van der Waals surface area contributed by atoms with Crippen molar-refractivity contribution >= 4 is 21.4 Å². The third kappa shape index (κ3) is 4.40. The molecule has 2 unspecified atom stereocenters. The third-order valence-electron chi connectivity index (χ3n) is 3.57. The minimum absolute atomic E-state index is 0.0515. The van der Waals surface area contributed by atoms with Gasteiger partial charge in [-0.15, -0.1) is 0 Å². The van der Waals surface area contributed by atoms with Gasteiger partial charge in [0.25, 0.3) is 0 Å². The average molecular weight is 332 g/mol. The molecule has 3 N–H and O–H groups in total. The first-order valence-corrected chi connectivity index (χ1v) is 8.86. The van der Waals surface area contributed by atoms with Crippen molar-refractivity contribution in [2.24, 2.45) is 5.73 Å². The normalized spacial score (nSPS) is 14.0. The van der Waals surface area contributed by atoms with E-state index in [-0.39, 0.29) is 11.3 Å². The highest BCUT2D eigenvalue weighted by Gasteiger charge is 2.27. The van der Waals surface area contributed by atoms with Crippen molar-refractivity contribution in [3.8, 4) is 0 Å². The number of rotatable bonds is 6. The summed E-state index contributed by atoms with van der Waals surface area (Å²) < 4.78 is 24.9. The summed E-state index contributed by atoms with van der Waals surface area (Å²) in [4.78, 5) is 12.3. The predicted octanol–water partition coefficient (Wildman–Crippen LogP) is 2.20. The molecule has 2 aromatic carbocycles. The van der Waals surface area contributed by atoms with Crippen molar-refractivity contribution in [2.45, 2.75) is 29.5 Å². The van der Waals surface area contributed by atoms with Crippen LogP contribution in [0.4, 0.5) is 5.69 Å². The summed E-state index contributed by atoms with van der Waals surface area (Å²) in [7, 11) is -3.50. The summed E-state index contributed by atoms with van der Waals surface area (Å²) >= 11 is 0. The molecule has 6 heteroatoms. The van der Waals surface area contributed by atoms with Gasteiger partial charge in [0, 0.05) is 5.69 Å². The number of sulfone groups is 1. The Bertz CT molecular complexity index is 746. The second kappa shape index (κ2) is 7.39. The Labute approximate surface area is 136 Å². The summed E-state index contributed by atoms with van der Waals surface area (Å²) in [6, 6.07) is 16.2. The van der Waals surface area contributed by atoms with E-state index in [4.69, 9.17) is 5.73 Å². The lowest BCUT2D eigenvalue weighted by Crippen LogP contribution is -2.39. The Kier molecular flexibility index (Phi) is 5.52. The van der Waals surface area contributed by atoms with Crippen molar-refractivity contribution in [3.63, 3.8) is 0 Å². The van der Waals surface area contributed by atoms with Crippen molar-refractivity contribution in [1.82, 2.24) is 0 Å². The molecule has 0 saturated carbocycles. The van der Waals surface area contributed by atoms with Crippen LogP contribution in [-0.4, -0.2) is 25.6 Å². The summed E-state index contributed by atoms with van der Waals surface area (Å²) in [5, 5.41) is 1.93. The van der Waals surface area contributed by atoms with E-state index in [1.54, 1.807) is 61.5 Å². The molecular formula is C17H20N2O3S. The standard InChI is InChI=1S/C17H20N2O3S/c1-13(23(21,22)15-10-6-3-7-11-15)12-16(18)17(20)19-14-8-4-2-5-9-14/h2-11,13,16H,12,18H2,1H3,(H,19,20). The summed E-state index contributed by atoms with van der Waals surface area (Å²) in [5.41, 5.74) is 6.50. The third-order valence-corrected chi connectivity index (χ3v) is 5.75. The van der Waals surface area contributed by atoms with Crippen LogP contribution < -0.4 is 11.1 Å². The molecule has 0 fully saturated rings. The van der Waals surface area contributed by atoms with Crippen LogP contribution in [0.1, 0.15) is 13.3 Å². The minimum Gasteiger partial charge on any atom is -0.325 e. The van der Waals surface area contributed by atoms with E-state index >= 15 is 0 Å². The number of hydrogen-bond acceptors (Lipinski definition) is 4. The van der Waals surface area contributed by atoms with Crippen molar-refractivity contribution in [3.05, 3.63) is 60.7 Å². The molecule has 0 aliphatic heterocycles. The van der Waals surface area contributed by atoms with Crippen LogP contribution in [0.5, 0.6) is 0 Å². The number of carbonyl (C=O) groups is 1. The topological polar surface area (TPSA) is 89.3 Å². The molecule has 5 nitrogen and oxygen atoms in total. The van der Waals surface area contributed by atoms with Gasteiger partial charge in [0.05, 0.1) is 16.2 Å². The van der Waals surface area contributed by atoms with Crippen molar-refractivity contribution in [2.75, 3.05) is 5.32 Å². The van der Waals surface area contributed by atoms with E-state index in [2.05, 4.69) is 5.32 Å². The number of benzene rings is 2. The monoisotopic (exact) mass is 332 g/mol. The smallest absolute Gasteiger partial charge is 0.241 e. The number of hydrogen-bond donors (Lipinski definition) is 2. The number of anilines is 1. The van der Waals surface area contributed by atoms with Gasteiger partial charge >= 0.3 is 0 Å². The second-order valence-corrected chi connectivity index (χ2v) is 7.73. The quantitative estimate of drug-likeness (QED) is 0.849. The minimum atomic E-state index is -3.50. The van der Waals surface area contributed by atoms with Crippen LogP contribution in [0.2, 0.25) is 0 Å². The molecule has 1 amide bonds. The SMILES string of the molecule is CC(CC(N)C(=O)Nc1ccccc1)S(=O)(=O)c1ccccc1. The fourth-order valence-electron chi connectivity index (χ4n) is 2.19. The highest BCUT2D eigenvalue weighted by molar-refractivity contribution is 7.92. The van der Waals surface area contributed by atoms with Gasteiger partial charge in [-0.25, -0.2) is 8.42 Å². The van der Waals surface area contributed by atoms with Crippen LogP contribution >= 0.6 is 0 Å². The largest absolute Gasteiger partial charge is 0.325 e. The lowest BCUT2D eigenvalue weighted by molar-refractivity contribution is -0.117. The van der Waals surface area contributed by atoms with Gasteiger partial charge in [0.2, 0.25) is 5.91 Å². The molecule has 0 saturated heterocycles. The number of nitrogens with two attached hydrogens (primary N) is 1. The molecule has 23 heavy (non-hydrogen) atoms. The van der Waals surface area contributed by atoms with Gasteiger partial charge in [0.15, 0.2) is 9.84 Å². The maximum Gasteiger partial charge on any atom is 0.241 e. The molecule has 0 radical (unpaired) electrons. The van der Waals surface area contributed by atoms with Gasteiger partial charge in [-0.05, 0) is 37.6 Å². The fourth-order valence-corrected chi connectivity index (χ4v) is 3.65. The Morgan fingerprint density at radius 1 is 1.04 bits per heavy atom. The van der Waals surface area contributed by atoms with Gasteiger partial charge in [0.1, 0.15) is 0 Å². The van der Waals surface area contributed by atoms with Gasteiger partial charge in [-0.2, -0.15) is 0 Å². The number of para-hydroxylation sites is 1. The molecule has 2 aromatic rings. The number of nitrogens with one attached hydrogen (secondary N) is 1. The van der Waals surface area contributed by atoms with E-state index in [9.17, 15) is 13.2 Å². The molecular weight excluding hydrogens is 312 g/mol. The predicted molar refractivity (Wildman–Crippen MR) is 90.8 cm³/mol. The molecule has 0 bridgehead atoms. The van der Waals surface area contributed by atoms with Crippen molar-refractivity contribution < 1.29 is 13.2 Å². The molecule has 0 heterocycles. The van der Waals surface area contributed by atoms with E-state index in [1.807, 2.05) is 6.07 Å². The van der Waals surface area contributed by atoms with E-state index in [0.717, 1.165) is 0 Å². The van der Waals surface area contributed by atoms with Crippen LogP contribution in [0, 0.1) is 0 Å². The molecule has 2 atom stereocenters. The fraction of sp³-hybridized carbons (Fsp3) is 0.235. The molecule has 0 aliphatic rings. The summed E-state index contributed by atoms with van der Waals surface area (Å²) in [6.45, 7) is 1.57. The van der Waals surface area contributed by atoms with Crippen LogP contribution in [-0.2, 0) is 14.6 Å². The Balaban J connectivity index is 2.02. The van der Waals surface area contributed by atoms with Crippen molar-refractivity contribution in [1.29, 1.82) is 0 Å². The molecule has 0 aliphatic carbocycles. The molecule has 122 valence electrons. The van der Waals surface area contributed by atoms with Gasteiger partial charge < -0.3 is 11.1 Å². The first kappa shape index (κ1) is 17.2. The van der Waals surface area contributed by atoms with E-state index < -0.39 is 27.0 Å². The first-order valence-electron chi connectivity index (χ1n) is 7.31. The maximum absolute atomic E-state index is 12.5. The van der Waals surface area contributed by atoms with E-state index in [1.165, 1.54) is 0 Å². The van der Waals surface area contributed by atoms with Gasteiger partial charge in [-0.3, -0.25) is 4.79 Å². The molecule has 2 rings (SSSR count). The van der Waals surface area contributed by atoms with E-state index in [0.29, 0.717) is 5.69 Å². The lowest BCUT2D eigenvalue weighted by atomic mass is 10.1. The van der Waals surface area contributed by atoms with Crippen LogP contribution in [0.25, 0.3) is 0 Å². The molecule has 0 spiro atoms. The molecule has 0 aromatic heterocycles. The number of carbonyl (C=O) groups excluding carboxylic acids is 1. The first-order chi connectivity index (χ1) is 10.9. The highest BCUT2D eigenvalue weighted by atomic mass is 32.2. The van der Waals surface area contributed by atoms with Crippen LogP contribution in [0.3, 0.4) is 0 Å². The zero-order chi connectivity index (χ0) is 16.9. The lowest BCUT2D eigenvalue weighted by Gasteiger charge is -2.17. The second-order valence-electron chi connectivity index (χ2n) is 5.37. The maximum atomic E-state index is 12.5.